The molecule has 4 nitrogen and oxygen atoms in total. The number of thiophene rings is 1. The van der Waals surface area contributed by atoms with Crippen LogP contribution in [0.5, 0.6) is 5.75 Å². The summed E-state index contributed by atoms with van der Waals surface area (Å²) in [5.41, 5.74) is 3.37. The molecule has 0 atom stereocenters. The van der Waals surface area contributed by atoms with E-state index in [1.54, 1.807) is 29.8 Å². The Morgan fingerprint density at radius 3 is 2.52 bits per heavy atom. The Balaban J connectivity index is 1.63. The van der Waals surface area contributed by atoms with Crippen molar-refractivity contribution in [1.29, 1.82) is 0 Å². The maximum Gasteiger partial charge on any atom is 0.206 e. The van der Waals surface area contributed by atoms with Gasteiger partial charge in [0.2, 0.25) is 4.80 Å². The van der Waals surface area contributed by atoms with Crippen molar-refractivity contribution in [1.82, 2.24) is 4.68 Å². The minimum atomic E-state index is 0.729. The number of benzene rings is 2. The van der Waals surface area contributed by atoms with Crippen LogP contribution in [-0.4, -0.2) is 24.5 Å². The van der Waals surface area contributed by atoms with E-state index in [-0.39, 0.29) is 0 Å². The Bertz CT molecular complexity index is 1130. The predicted octanol–water partition coefficient (Wildman–Crippen LogP) is 5.31. The minimum absolute atomic E-state index is 0.729. The van der Waals surface area contributed by atoms with Crippen molar-refractivity contribution >= 4 is 28.9 Å². The van der Waals surface area contributed by atoms with Crippen molar-refractivity contribution in [2.24, 2.45) is 10.1 Å². The van der Waals surface area contributed by atoms with Crippen LogP contribution in [0.1, 0.15) is 11.1 Å². The van der Waals surface area contributed by atoms with E-state index in [4.69, 9.17) is 14.8 Å². The molecule has 0 unspecified atom stereocenters. The van der Waals surface area contributed by atoms with Crippen LogP contribution in [0.15, 0.2) is 87.6 Å². The van der Waals surface area contributed by atoms with Crippen molar-refractivity contribution in [2.75, 3.05) is 13.7 Å². The number of hydrogen-bond donors (Lipinski definition) is 0. The van der Waals surface area contributed by atoms with Crippen LogP contribution in [0.4, 0.5) is 0 Å². The molecule has 0 aliphatic heterocycles. The maximum absolute atomic E-state index is 5.23. The highest BCUT2D eigenvalue weighted by molar-refractivity contribution is 7.14. The van der Waals surface area contributed by atoms with E-state index in [2.05, 4.69) is 47.2 Å². The van der Waals surface area contributed by atoms with E-state index in [1.165, 1.54) is 10.4 Å². The molecule has 4 aromatic rings. The second-order valence-electron chi connectivity index (χ2n) is 6.33. The number of methoxy groups -OCH3 is 1. The third-order valence-electron chi connectivity index (χ3n) is 4.39. The Morgan fingerprint density at radius 2 is 1.79 bits per heavy atom. The van der Waals surface area contributed by atoms with E-state index in [9.17, 15) is 0 Å². The van der Waals surface area contributed by atoms with Gasteiger partial charge in [0.1, 0.15) is 5.75 Å². The summed E-state index contributed by atoms with van der Waals surface area (Å²) >= 11 is 3.32. The van der Waals surface area contributed by atoms with Crippen molar-refractivity contribution in [3.8, 4) is 16.3 Å². The van der Waals surface area contributed by atoms with Gasteiger partial charge < -0.3 is 4.74 Å². The van der Waals surface area contributed by atoms with E-state index < -0.39 is 0 Å². The molecule has 0 spiro atoms. The number of hydrogen-bond acceptors (Lipinski definition) is 5. The summed E-state index contributed by atoms with van der Waals surface area (Å²) in [7, 11) is 1.67. The third kappa shape index (κ3) is 4.91. The lowest BCUT2D eigenvalue weighted by Crippen LogP contribution is -2.13. The first-order chi connectivity index (χ1) is 14.3. The van der Waals surface area contributed by atoms with Gasteiger partial charge in [0.15, 0.2) is 0 Å². The van der Waals surface area contributed by atoms with Gasteiger partial charge >= 0.3 is 0 Å². The third-order valence-corrected chi connectivity index (χ3v) is 6.13. The number of rotatable bonds is 7. The van der Waals surface area contributed by atoms with Gasteiger partial charge in [-0.1, -0.05) is 36.4 Å². The van der Waals surface area contributed by atoms with Crippen LogP contribution in [-0.2, 0) is 6.42 Å². The quantitative estimate of drug-likeness (QED) is 0.374. The lowest BCUT2D eigenvalue weighted by Gasteiger charge is -2.02. The number of thiazole rings is 1. The fourth-order valence-electron chi connectivity index (χ4n) is 2.85. The normalized spacial score (nSPS) is 12.0. The predicted molar refractivity (Wildman–Crippen MR) is 122 cm³/mol. The summed E-state index contributed by atoms with van der Waals surface area (Å²) in [6, 6.07) is 22.5. The molecular weight excluding hydrogens is 398 g/mol. The molecule has 0 radical (unpaired) electrons. The molecule has 0 amide bonds. The highest BCUT2D eigenvalue weighted by atomic mass is 32.1. The maximum atomic E-state index is 5.23. The van der Waals surface area contributed by atoms with Crippen molar-refractivity contribution in [2.45, 2.75) is 6.42 Å². The first-order valence-electron chi connectivity index (χ1n) is 9.31. The molecule has 0 aliphatic carbocycles. The molecule has 2 aromatic carbocycles. The summed E-state index contributed by atoms with van der Waals surface area (Å²) in [4.78, 5) is 6.90. The Labute approximate surface area is 178 Å². The molecule has 0 saturated heterocycles. The minimum Gasteiger partial charge on any atom is -0.497 e. The molecule has 0 N–H and O–H groups in total. The van der Waals surface area contributed by atoms with Gasteiger partial charge in [0.25, 0.3) is 0 Å². The van der Waals surface area contributed by atoms with Gasteiger partial charge in [-0.2, -0.15) is 5.10 Å². The van der Waals surface area contributed by atoms with Crippen molar-refractivity contribution < 1.29 is 4.74 Å². The Hall–Kier alpha value is -2.96. The zero-order chi connectivity index (χ0) is 19.9. The smallest absolute Gasteiger partial charge is 0.206 e. The molecule has 146 valence electrons. The van der Waals surface area contributed by atoms with Crippen LogP contribution < -0.4 is 9.54 Å². The Morgan fingerprint density at radius 1 is 0.966 bits per heavy atom. The summed E-state index contributed by atoms with van der Waals surface area (Å²) < 4.78 is 7.16. The molecule has 4 rings (SSSR count). The van der Waals surface area contributed by atoms with Crippen LogP contribution in [0.3, 0.4) is 0 Å². The first-order valence-corrected chi connectivity index (χ1v) is 11.1. The fraction of sp³-hybridized carbons (Fsp3) is 0.130. The molecule has 0 saturated carbocycles. The molecule has 0 bridgehead atoms. The van der Waals surface area contributed by atoms with Gasteiger partial charge in [-0.15, -0.1) is 22.7 Å². The first kappa shape index (κ1) is 19.4. The van der Waals surface area contributed by atoms with Gasteiger partial charge in [-0.05, 0) is 53.3 Å². The SMILES string of the molecule is COc1ccc(C=Nn2c(-c3cccs3)csc2=NCCc2ccccc2)cc1. The molecule has 2 aromatic heterocycles. The van der Waals surface area contributed by atoms with Crippen molar-refractivity contribution in [3.63, 3.8) is 0 Å². The molecule has 2 heterocycles. The molecular formula is C23H21N3OS2. The monoisotopic (exact) mass is 419 g/mol. The summed E-state index contributed by atoms with van der Waals surface area (Å²) in [6.45, 7) is 0.729. The highest BCUT2D eigenvalue weighted by Gasteiger charge is 2.08. The molecule has 0 aliphatic rings. The number of nitrogens with zero attached hydrogens (tertiary/aromatic N) is 3. The highest BCUT2D eigenvalue weighted by Crippen LogP contribution is 2.25. The molecule has 6 heteroatoms. The van der Waals surface area contributed by atoms with Crippen molar-refractivity contribution in [3.05, 3.63) is 93.4 Å². The number of ether oxygens (including phenoxy) is 1. The number of aromatic nitrogens is 1. The van der Waals surface area contributed by atoms with Gasteiger partial charge in [0, 0.05) is 11.9 Å². The standard InChI is InChI=1S/C23H21N3OS2/c1-27-20-11-9-19(10-12-20)16-25-26-21(22-8-5-15-28-22)17-29-23(26)24-14-13-18-6-3-2-4-7-18/h2-12,15-17H,13-14H2,1H3. The van der Waals surface area contributed by atoms with Gasteiger partial charge in [-0.3, -0.25) is 4.99 Å². The largest absolute Gasteiger partial charge is 0.497 e. The van der Waals surface area contributed by atoms with E-state index in [0.29, 0.717) is 0 Å². The van der Waals surface area contributed by atoms with Crippen LogP contribution in [0.25, 0.3) is 10.6 Å². The second kappa shape index (κ2) is 9.49. The lowest BCUT2D eigenvalue weighted by molar-refractivity contribution is 0.415. The van der Waals surface area contributed by atoms with Gasteiger partial charge in [0.05, 0.1) is 23.9 Å². The van der Waals surface area contributed by atoms with Gasteiger partial charge in [-0.25, -0.2) is 4.68 Å². The average molecular weight is 420 g/mol. The summed E-state index contributed by atoms with van der Waals surface area (Å²) in [5.74, 6) is 0.834. The van der Waals surface area contributed by atoms with Crippen LogP contribution >= 0.6 is 22.7 Å². The summed E-state index contributed by atoms with van der Waals surface area (Å²) in [6.07, 6.45) is 2.77. The topological polar surface area (TPSA) is 38.9 Å². The molecule has 0 fully saturated rings. The van der Waals surface area contributed by atoms with E-state index in [0.717, 1.165) is 34.8 Å². The zero-order valence-corrected chi connectivity index (χ0v) is 17.7. The second-order valence-corrected chi connectivity index (χ2v) is 8.11. The summed E-state index contributed by atoms with van der Waals surface area (Å²) in [5, 5.41) is 8.95. The van der Waals surface area contributed by atoms with Crippen LogP contribution in [0.2, 0.25) is 0 Å². The average Bonchev–Trinajstić information content (AvgIpc) is 3.43. The van der Waals surface area contributed by atoms with E-state index >= 15 is 0 Å². The zero-order valence-electron chi connectivity index (χ0n) is 16.1. The van der Waals surface area contributed by atoms with E-state index in [1.807, 2.05) is 41.2 Å². The fourth-order valence-corrected chi connectivity index (χ4v) is 4.51. The van der Waals surface area contributed by atoms with Crippen LogP contribution in [0, 0.1) is 0 Å². The molecule has 29 heavy (non-hydrogen) atoms. The lowest BCUT2D eigenvalue weighted by atomic mass is 10.2. The Kier molecular flexibility index (Phi) is 6.34.